The molecule has 2 aromatic carbocycles. The molecule has 0 saturated carbocycles. The number of aliphatic imine (C=N–C) groups is 1. The number of nitrogens with zero attached hydrogens (tertiary/aromatic N) is 1. The normalized spacial score (nSPS) is 27.4. The van der Waals surface area contributed by atoms with Gasteiger partial charge in [-0.1, -0.05) is 75.4 Å². The lowest BCUT2D eigenvalue weighted by molar-refractivity contribution is 0.258. The first-order chi connectivity index (χ1) is 13.5. The van der Waals surface area contributed by atoms with E-state index in [0.29, 0.717) is 5.92 Å². The SMILES string of the molecule is CCC1(C(C)C)N=C(C)C2=C1C=CC1c3ccc(-c4ccccc4)cc3OC21. The maximum Gasteiger partial charge on any atom is 0.136 e. The molecule has 0 fully saturated rings. The quantitative estimate of drug-likeness (QED) is 0.618. The van der Waals surface area contributed by atoms with Crippen molar-refractivity contribution in [3.63, 3.8) is 0 Å². The molecule has 28 heavy (non-hydrogen) atoms. The summed E-state index contributed by atoms with van der Waals surface area (Å²) in [5, 5.41) is 0. The van der Waals surface area contributed by atoms with E-state index in [2.05, 4.69) is 88.4 Å². The Bertz CT molecular complexity index is 1030. The van der Waals surface area contributed by atoms with Gasteiger partial charge in [0.25, 0.3) is 0 Å². The zero-order valence-electron chi connectivity index (χ0n) is 17.1. The standard InChI is InChI=1S/C26H27NO/c1-5-26(16(2)3)22-14-13-21-20-12-11-19(18-9-7-6-8-10-18)15-23(20)28-25(21)24(22)17(4)27-26/h6-16,21,25H,5H2,1-4H3. The molecule has 3 unspecified atom stereocenters. The molecule has 0 aromatic heterocycles. The fourth-order valence-corrected chi connectivity index (χ4v) is 5.30. The third kappa shape index (κ3) is 2.30. The summed E-state index contributed by atoms with van der Waals surface area (Å²) in [7, 11) is 0. The molecule has 2 heteroatoms. The molecule has 2 aliphatic heterocycles. The van der Waals surface area contributed by atoms with Gasteiger partial charge >= 0.3 is 0 Å². The van der Waals surface area contributed by atoms with Crippen LogP contribution in [0.5, 0.6) is 5.75 Å². The van der Waals surface area contributed by atoms with Crippen molar-refractivity contribution in [3.8, 4) is 16.9 Å². The van der Waals surface area contributed by atoms with Crippen LogP contribution in [-0.4, -0.2) is 17.4 Å². The summed E-state index contributed by atoms with van der Waals surface area (Å²) < 4.78 is 6.58. The van der Waals surface area contributed by atoms with E-state index in [1.54, 1.807) is 0 Å². The maximum absolute atomic E-state index is 6.58. The van der Waals surface area contributed by atoms with Gasteiger partial charge in [-0.2, -0.15) is 0 Å². The zero-order chi connectivity index (χ0) is 19.5. The van der Waals surface area contributed by atoms with Crippen LogP contribution in [0.3, 0.4) is 0 Å². The first-order valence-corrected chi connectivity index (χ1v) is 10.4. The van der Waals surface area contributed by atoms with Gasteiger partial charge < -0.3 is 4.74 Å². The van der Waals surface area contributed by atoms with E-state index in [1.807, 2.05) is 0 Å². The average molecular weight is 370 g/mol. The highest BCUT2D eigenvalue weighted by Crippen LogP contribution is 2.52. The van der Waals surface area contributed by atoms with Crippen LogP contribution in [0.25, 0.3) is 11.1 Å². The second-order valence-corrected chi connectivity index (χ2v) is 8.50. The van der Waals surface area contributed by atoms with E-state index in [4.69, 9.17) is 9.73 Å². The number of fused-ring (bicyclic) bond motifs is 4. The average Bonchev–Trinajstić information content (AvgIpc) is 3.23. The predicted molar refractivity (Wildman–Crippen MR) is 116 cm³/mol. The largest absolute Gasteiger partial charge is 0.484 e. The molecule has 3 aliphatic rings. The Balaban J connectivity index is 1.56. The zero-order valence-corrected chi connectivity index (χ0v) is 17.1. The lowest BCUT2D eigenvalue weighted by Gasteiger charge is -2.34. The summed E-state index contributed by atoms with van der Waals surface area (Å²) in [5.74, 6) is 1.76. The van der Waals surface area contributed by atoms with Gasteiger partial charge in [-0.3, -0.25) is 4.99 Å². The van der Waals surface area contributed by atoms with Crippen LogP contribution < -0.4 is 4.74 Å². The van der Waals surface area contributed by atoms with Crippen molar-refractivity contribution in [2.24, 2.45) is 10.9 Å². The Kier molecular flexibility index (Phi) is 3.87. The van der Waals surface area contributed by atoms with Crippen LogP contribution >= 0.6 is 0 Å². The Labute approximate surface area is 167 Å². The monoisotopic (exact) mass is 369 g/mol. The fraction of sp³-hybridized carbons (Fsp3) is 0.346. The van der Waals surface area contributed by atoms with Gasteiger partial charge in [-0.15, -0.1) is 0 Å². The molecule has 2 heterocycles. The number of ether oxygens (including phenoxy) is 1. The predicted octanol–water partition coefficient (Wildman–Crippen LogP) is 6.34. The Morgan fingerprint density at radius 3 is 2.57 bits per heavy atom. The molecule has 0 bridgehead atoms. The molecule has 0 N–H and O–H groups in total. The number of benzene rings is 2. The second-order valence-electron chi connectivity index (χ2n) is 8.50. The van der Waals surface area contributed by atoms with Crippen LogP contribution in [0.15, 0.2) is 76.8 Å². The molecule has 1 aliphatic carbocycles. The first-order valence-electron chi connectivity index (χ1n) is 10.4. The van der Waals surface area contributed by atoms with Gasteiger partial charge in [-0.25, -0.2) is 0 Å². The molecular weight excluding hydrogens is 342 g/mol. The highest BCUT2D eigenvalue weighted by atomic mass is 16.5. The summed E-state index contributed by atoms with van der Waals surface area (Å²) in [6.45, 7) is 8.98. The van der Waals surface area contributed by atoms with Crippen molar-refractivity contribution in [1.82, 2.24) is 0 Å². The highest BCUT2D eigenvalue weighted by Gasteiger charge is 2.48. The van der Waals surface area contributed by atoms with Crippen molar-refractivity contribution < 1.29 is 4.74 Å². The third-order valence-corrected chi connectivity index (χ3v) is 6.82. The van der Waals surface area contributed by atoms with E-state index < -0.39 is 0 Å². The summed E-state index contributed by atoms with van der Waals surface area (Å²) in [5.41, 5.74) is 7.47. The van der Waals surface area contributed by atoms with E-state index in [1.165, 1.54) is 27.8 Å². The number of hydrogen-bond acceptors (Lipinski definition) is 2. The van der Waals surface area contributed by atoms with Crippen LogP contribution in [0.2, 0.25) is 0 Å². The number of rotatable bonds is 3. The van der Waals surface area contributed by atoms with Crippen molar-refractivity contribution in [2.75, 3.05) is 0 Å². The van der Waals surface area contributed by atoms with Gasteiger partial charge in [0.2, 0.25) is 0 Å². The summed E-state index contributed by atoms with van der Waals surface area (Å²) in [4.78, 5) is 5.18. The Hall–Kier alpha value is -2.61. The van der Waals surface area contributed by atoms with Gasteiger partial charge in [0.05, 0.1) is 5.54 Å². The van der Waals surface area contributed by atoms with Gasteiger partial charge in [0.15, 0.2) is 0 Å². The molecule has 0 radical (unpaired) electrons. The molecule has 142 valence electrons. The van der Waals surface area contributed by atoms with Crippen molar-refractivity contribution in [3.05, 3.63) is 77.4 Å². The maximum atomic E-state index is 6.58. The molecule has 2 nitrogen and oxygen atoms in total. The van der Waals surface area contributed by atoms with E-state index in [9.17, 15) is 0 Å². The summed E-state index contributed by atoms with van der Waals surface area (Å²) in [6, 6.07) is 17.2. The Morgan fingerprint density at radius 2 is 1.86 bits per heavy atom. The lowest BCUT2D eigenvalue weighted by atomic mass is 9.73. The minimum atomic E-state index is -0.103. The van der Waals surface area contributed by atoms with Gasteiger partial charge in [0.1, 0.15) is 11.9 Å². The summed E-state index contributed by atoms with van der Waals surface area (Å²) in [6.07, 6.45) is 5.76. The highest BCUT2D eigenvalue weighted by molar-refractivity contribution is 6.04. The lowest BCUT2D eigenvalue weighted by Crippen LogP contribution is -2.35. The van der Waals surface area contributed by atoms with E-state index in [-0.39, 0.29) is 17.6 Å². The second kappa shape index (κ2) is 6.20. The molecule has 3 atom stereocenters. The van der Waals surface area contributed by atoms with Crippen LogP contribution in [-0.2, 0) is 0 Å². The van der Waals surface area contributed by atoms with Crippen molar-refractivity contribution >= 4 is 5.71 Å². The van der Waals surface area contributed by atoms with Crippen molar-refractivity contribution in [1.29, 1.82) is 0 Å². The fourth-order valence-electron chi connectivity index (χ4n) is 5.30. The smallest absolute Gasteiger partial charge is 0.136 e. The third-order valence-electron chi connectivity index (χ3n) is 6.82. The van der Waals surface area contributed by atoms with Gasteiger partial charge in [-0.05, 0) is 42.0 Å². The van der Waals surface area contributed by atoms with Crippen LogP contribution in [0, 0.1) is 5.92 Å². The molecule has 0 saturated heterocycles. The molecule has 2 aromatic rings. The van der Waals surface area contributed by atoms with E-state index >= 15 is 0 Å². The molecule has 0 spiro atoms. The minimum Gasteiger partial charge on any atom is -0.484 e. The number of hydrogen-bond donors (Lipinski definition) is 0. The first kappa shape index (κ1) is 17.5. The molecule has 0 amide bonds. The summed E-state index contributed by atoms with van der Waals surface area (Å²) >= 11 is 0. The molecular formula is C26H27NO. The van der Waals surface area contributed by atoms with Crippen LogP contribution in [0.4, 0.5) is 0 Å². The Morgan fingerprint density at radius 1 is 1.07 bits per heavy atom. The topological polar surface area (TPSA) is 21.6 Å². The minimum absolute atomic E-state index is 0.0527. The molecule has 5 rings (SSSR count). The van der Waals surface area contributed by atoms with E-state index in [0.717, 1.165) is 17.9 Å². The van der Waals surface area contributed by atoms with Gasteiger partial charge in [0, 0.05) is 22.8 Å². The van der Waals surface area contributed by atoms with Crippen LogP contribution in [0.1, 0.15) is 45.6 Å². The van der Waals surface area contributed by atoms with Crippen molar-refractivity contribution in [2.45, 2.75) is 51.7 Å².